The monoisotopic (exact) mass is 311 g/mol. The molecule has 2 saturated carbocycles. The highest BCUT2D eigenvalue weighted by molar-refractivity contribution is 5.76. The lowest BCUT2D eigenvalue weighted by Gasteiger charge is -2.44. The van der Waals surface area contributed by atoms with Crippen molar-refractivity contribution in [2.24, 2.45) is 5.92 Å². The van der Waals surface area contributed by atoms with Crippen molar-refractivity contribution in [2.45, 2.75) is 76.9 Å². The summed E-state index contributed by atoms with van der Waals surface area (Å²) in [4.78, 5) is 4.97. The standard InChI is InChI=1S/C20H29N3/c1-15-12-20(2,13-15)21-14-19-22-17-10-6-7-11-18(17)23(19)16-8-4-3-5-9-16/h6-7,10-11,15-16,21H,3-5,8-9,12-14H2,1-2H3. The largest absolute Gasteiger partial charge is 0.324 e. The van der Waals surface area contributed by atoms with E-state index >= 15 is 0 Å². The fraction of sp³-hybridized carbons (Fsp3) is 0.650. The number of para-hydroxylation sites is 2. The van der Waals surface area contributed by atoms with E-state index in [1.54, 1.807) is 0 Å². The summed E-state index contributed by atoms with van der Waals surface area (Å²) in [5, 5.41) is 3.80. The van der Waals surface area contributed by atoms with Crippen LogP contribution < -0.4 is 5.32 Å². The molecule has 2 aliphatic carbocycles. The van der Waals surface area contributed by atoms with Gasteiger partial charge in [-0.3, -0.25) is 0 Å². The minimum atomic E-state index is 0.314. The van der Waals surface area contributed by atoms with Gasteiger partial charge in [0, 0.05) is 11.6 Å². The van der Waals surface area contributed by atoms with Gasteiger partial charge in [0.15, 0.2) is 0 Å². The second kappa shape index (κ2) is 5.94. The van der Waals surface area contributed by atoms with E-state index in [2.05, 4.69) is 48.0 Å². The van der Waals surface area contributed by atoms with Gasteiger partial charge in [0.05, 0.1) is 17.6 Å². The maximum atomic E-state index is 4.97. The zero-order valence-electron chi connectivity index (χ0n) is 14.5. The van der Waals surface area contributed by atoms with Crippen molar-refractivity contribution in [1.82, 2.24) is 14.9 Å². The second-order valence-corrected chi connectivity index (χ2v) is 8.11. The van der Waals surface area contributed by atoms with Gasteiger partial charge in [-0.2, -0.15) is 0 Å². The summed E-state index contributed by atoms with van der Waals surface area (Å²) in [6, 6.07) is 9.29. The first-order chi connectivity index (χ1) is 11.1. The number of imidazole rings is 1. The van der Waals surface area contributed by atoms with Gasteiger partial charge in [0.25, 0.3) is 0 Å². The molecule has 0 radical (unpaired) electrons. The van der Waals surface area contributed by atoms with E-state index in [9.17, 15) is 0 Å². The molecule has 124 valence electrons. The lowest BCUT2D eigenvalue weighted by Crippen LogP contribution is -2.52. The van der Waals surface area contributed by atoms with Crippen LogP contribution in [-0.4, -0.2) is 15.1 Å². The minimum Gasteiger partial charge on any atom is -0.324 e. The number of benzene rings is 1. The van der Waals surface area contributed by atoms with Gasteiger partial charge in [-0.15, -0.1) is 0 Å². The first kappa shape index (κ1) is 15.2. The van der Waals surface area contributed by atoms with E-state index in [0.717, 1.165) is 18.0 Å². The Hall–Kier alpha value is -1.35. The topological polar surface area (TPSA) is 29.9 Å². The molecule has 23 heavy (non-hydrogen) atoms. The summed E-state index contributed by atoms with van der Waals surface area (Å²) in [6.45, 7) is 5.61. The van der Waals surface area contributed by atoms with Crippen molar-refractivity contribution >= 4 is 11.0 Å². The molecule has 0 atom stereocenters. The van der Waals surface area contributed by atoms with Crippen molar-refractivity contribution in [3.05, 3.63) is 30.1 Å². The fourth-order valence-electron chi connectivity index (χ4n) is 4.88. The molecular formula is C20H29N3. The number of nitrogens with one attached hydrogen (secondary N) is 1. The highest BCUT2D eigenvalue weighted by Crippen LogP contribution is 2.37. The predicted octanol–water partition coefficient (Wildman–Crippen LogP) is 4.82. The van der Waals surface area contributed by atoms with Gasteiger partial charge in [-0.1, -0.05) is 38.3 Å². The van der Waals surface area contributed by atoms with Gasteiger partial charge in [0.2, 0.25) is 0 Å². The SMILES string of the molecule is CC1CC(C)(NCc2nc3ccccc3n2C2CCCCC2)C1. The zero-order chi connectivity index (χ0) is 15.9. The lowest BCUT2D eigenvalue weighted by atomic mass is 9.70. The number of hydrogen-bond donors (Lipinski definition) is 1. The molecule has 0 amide bonds. The molecule has 1 aromatic heterocycles. The van der Waals surface area contributed by atoms with Crippen LogP contribution >= 0.6 is 0 Å². The second-order valence-electron chi connectivity index (χ2n) is 8.11. The maximum absolute atomic E-state index is 4.97. The molecule has 2 fully saturated rings. The molecular weight excluding hydrogens is 282 g/mol. The Kier molecular flexibility index (Phi) is 3.92. The Bertz CT molecular complexity index is 675. The van der Waals surface area contributed by atoms with Crippen LogP contribution in [0.4, 0.5) is 0 Å². The summed E-state index contributed by atoms with van der Waals surface area (Å²) in [6.07, 6.45) is 9.31. The quantitative estimate of drug-likeness (QED) is 0.877. The van der Waals surface area contributed by atoms with Crippen LogP contribution in [0.2, 0.25) is 0 Å². The smallest absolute Gasteiger partial charge is 0.124 e. The van der Waals surface area contributed by atoms with Gasteiger partial charge in [-0.05, 0) is 50.7 Å². The Morgan fingerprint density at radius 2 is 1.91 bits per heavy atom. The Morgan fingerprint density at radius 1 is 1.17 bits per heavy atom. The van der Waals surface area contributed by atoms with Gasteiger partial charge < -0.3 is 9.88 Å². The number of hydrogen-bond acceptors (Lipinski definition) is 2. The summed E-state index contributed by atoms with van der Waals surface area (Å²) < 4.78 is 2.55. The Balaban J connectivity index is 1.62. The summed E-state index contributed by atoms with van der Waals surface area (Å²) in [5.41, 5.74) is 2.79. The van der Waals surface area contributed by atoms with E-state index in [0.29, 0.717) is 11.6 Å². The number of aromatic nitrogens is 2. The van der Waals surface area contributed by atoms with Crippen LogP contribution in [0.25, 0.3) is 11.0 Å². The highest BCUT2D eigenvalue weighted by atomic mass is 15.1. The molecule has 1 heterocycles. The van der Waals surface area contributed by atoms with Crippen LogP contribution in [0.3, 0.4) is 0 Å². The third-order valence-electron chi connectivity index (χ3n) is 5.88. The first-order valence-corrected chi connectivity index (χ1v) is 9.35. The van der Waals surface area contributed by atoms with Crippen LogP contribution in [0.5, 0.6) is 0 Å². The van der Waals surface area contributed by atoms with Gasteiger partial charge >= 0.3 is 0 Å². The van der Waals surface area contributed by atoms with E-state index in [1.165, 1.54) is 56.3 Å². The molecule has 2 aliphatic rings. The highest BCUT2D eigenvalue weighted by Gasteiger charge is 2.37. The van der Waals surface area contributed by atoms with Gasteiger partial charge in [-0.25, -0.2) is 4.98 Å². The number of rotatable bonds is 4. The van der Waals surface area contributed by atoms with Crippen LogP contribution in [0.15, 0.2) is 24.3 Å². The molecule has 0 spiro atoms. The molecule has 0 unspecified atom stereocenters. The predicted molar refractivity (Wildman–Crippen MR) is 95.5 cm³/mol. The summed E-state index contributed by atoms with van der Waals surface area (Å²) in [5.74, 6) is 2.10. The van der Waals surface area contributed by atoms with E-state index in [1.807, 2.05) is 0 Å². The molecule has 2 aromatic rings. The average molecular weight is 311 g/mol. The summed E-state index contributed by atoms with van der Waals surface area (Å²) >= 11 is 0. The van der Waals surface area contributed by atoms with Gasteiger partial charge in [0.1, 0.15) is 5.82 Å². The maximum Gasteiger partial charge on any atom is 0.124 e. The average Bonchev–Trinajstić information content (AvgIpc) is 2.91. The van der Waals surface area contributed by atoms with Crippen LogP contribution in [-0.2, 0) is 6.54 Å². The molecule has 0 saturated heterocycles. The third-order valence-corrected chi connectivity index (χ3v) is 5.88. The molecule has 1 N–H and O–H groups in total. The van der Waals surface area contributed by atoms with Crippen LogP contribution in [0.1, 0.15) is 70.7 Å². The molecule has 0 bridgehead atoms. The van der Waals surface area contributed by atoms with E-state index in [-0.39, 0.29) is 0 Å². The molecule has 1 aromatic carbocycles. The van der Waals surface area contributed by atoms with E-state index < -0.39 is 0 Å². The molecule has 0 aliphatic heterocycles. The Morgan fingerprint density at radius 3 is 2.65 bits per heavy atom. The molecule has 4 rings (SSSR count). The molecule has 3 nitrogen and oxygen atoms in total. The van der Waals surface area contributed by atoms with Crippen LogP contribution in [0, 0.1) is 5.92 Å². The Labute approximate surface area is 139 Å². The first-order valence-electron chi connectivity index (χ1n) is 9.35. The van der Waals surface area contributed by atoms with Crippen molar-refractivity contribution in [2.75, 3.05) is 0 Å². The summed E-state index contributed by atoms with van der Waals surface area (Å²) in [7, 11) is 0. The number of nitrogens with zero attached hydrogens (tertiary/aromatic N) is 2. The molecule has 3 heteroatoms. The van der Waals surface area contributed by atoms with Crippen molar-refractivity contribution in [3.8, 4) is 0 Å². The third kappa shape index (κ3) is 2.91. The zero-order valence-corrected chi connectivity index (χ0v) is 14.5. The normalized spacial score (nSPS) is 28.9. The number of fused-ring (bicyclic) bond motifs is 1. The van der Waals surface area contributed by atoms with Crippen molar-refractivity contribution in [1.29, 1.82) is 0 Å². The van der Waals surface area contributed by atoms with Crippen molar-refractivity contribution in [3.63, 3.8) is 0 Å². The van der Waals surface area contributed by atoms with Crippen molar-refractivity contribution < 1.29 is 0 Å². The lowest BCUT2D eigenvalue weighted by molar-refractivity contribution is 0.131. The van der Waals surface area contributed by atoms with E-state index in [4.69, 9.17) is 4.98 Å². The minimum absolute atomic E-state index is 0.314. The fourth-order valence-corrected chi connectivity index (χ4v) is 4.88.